The molecule has 0 radical (unpaired) electrons. The van der Waals surface area contributed by atoms with Gasteiger partial charge in [0.2, 0.25) is 0 Å². The molecule has 2 rings (SSSR count). The summed E-state index contributed by atoms with van der Waals surface area (Å²) in [5.74, 6) is -0.264. The summed E-state index contributed by atoms with van der Waals surface area (Å²) in [6, 6.07) is 4.66. The second kappa shape index (κ2) is 8.05. The average Bonchev–Trinajstić information content (AvgIpc) is 3.15. The number of carbonyl (C=O) groups excluding carboxylic acids is 2. The van der Waals surface area contributed by atoms with Crippen molar-refractivity contribution in [1.29, 1.82) is 0 Å². The molecule has 1 fully saturated rings. The van der Waals surface area contributed by atoms with E-state index >= 15 is 0 Å². The van der Waals surface area contributed by atoms with Gasteiger partial charge in [-0.2, -0.15) is 0 Å². The number of carbonyl (C=O) groups is 2. The van der Waals surface area contributed by atoms with Gasteiger partial charge in [-0.1, -0.05) is 30.1 Å². The zero-order chi connectivity index (χ0) is 17.9. The van der Waals surface area contributed by atoms with Gasteiger partial charge < -0.3 is 9.47 Å². The topological polar surface area (TPSA) is 67.9 Å². The van der Waals surface area contributed by atoms with E-state index in [-0.39, 0.29) is 36.4 Å². The van der Waals surface area contributed by atoms with Crippen LogP contribution in [0, 0.1) is 11.8 Å². The molecule has 1 aliphatic carbocycles. The van der Waals surface area contributed by atoms with E-state index in [1.165, 1.54) is 5.01 Å². The molecule has 8 heteroatoms. The van der Waals surface area contributed by atoms with Crippen LogP contribution in [-0.4, -0.2) is 43.2 Å². The lowest BCUT2D eigenvalue weighted by atomic mass is 10.3. The van der Waals surface area contributed by atoms with Gasteiger partial charge in [0, 0.05) is 18.1 Å². The van der Waals surface area contributed by atoms with Crippen LogP contribution in [0.3, 0.4) is 0 Å². The van der Waals surface area contributed by atoms with Crippen LogP contribution < -0.4 is 10.2 Å². The highest BCUT2D eigenvalue weighted by atomic mass is 35.5. The van der Waals surface area contributed by atoms with Crippen molar-refractivity contribution < 1.29 is 19.1 Å². The fraction of sp³-hybridized carbons (Fsp3) is 0.500. The molecule has 0 aromatic heterocycles. The number of nitrogens with zero attached hydrogens (tertiary/aromatic N) is 1. The van der Waals surface area contributed by atoms with Gasteiger partial charge in [0.05, 0.1) is 17.5 Å². The van der Waals surface area contributed by atoms with Crippen molar-refractivity contribution in [3.8, 4) is 5.75 Å². The zero-order valence-corrected chi connectivity index (χ0v) is 15.2. The fourth-order valence-corrected chi connectivity index (χ4v) is 2.85. The molecule has 1 saturated carbocycles. The zero-order valence-electron chi connectivity index (χ0n) is 13.7. The second-order valence-corrected chi connectivity index (χ2v) is 6.45. The fourth-order valence-electron chi connectivity index (χ4n) is 2.38. The maximum Gasteiger partial charge on any atom is 0.310 e. The predicted octanol–water partition coefficient (Wildman–Crippen LogP) is 2.53. The number of amides is 1. The Bertz CT molecular complexity index is 626. The molecular formula is C16H20Cl2N2O4. The van der Waals surface area contributed by atoms with E-state index in [0.29, 0.717) is 22.4 Å². The van der Waals surface area contributed by atoms with Gasteiger partial charge in [-0.3, -0.25) is 14.6 Å². The molecule has 0 bridgehead atoms. The third-order valence-corrected chi connectivity index (χ3v) is 4.43. The molecule has 0 heterocycles. The average molecular weight is 375 g/mol. The molecule has 0 spiro atoms. The SMILES string of the molecule is CCOC(=O)C1C(C)C1NN(C)C(=O)COc1ccc(Cl)cc1Cl. The van der Waals surface area contributed by atoms with Gasteiger partial charge in [-0.05, 0) is 31.0 Å². The summed E-state index contributed by atoms with van der Waals surface area (Å²) < 4.78 is 10.4. The standard InChI is InChI=1S/C16H20Cl2N2O4/c1-4-23-16(22)14-9(2)15(14)19-20(3)13(21)8-24-12-6-5-10(17)7-11(12)18/h5-7,9,14-15,19H,4,8H2,1-3H3. The van der Waals surface area contributed by atoms with E-state index in [4.69, 9.17) is 32.7 Å². The number of hydrogen-bond donors (Lipinski definition) is 1. The Morgan fingerprint density at radius 1 is 1.33 bits per heavy atom. The Hall–Kier alpha value is -1.50. The summed E-state index contributed by atoms with van der Waals surface area (Å²) in [6.45, 7) is 3.86. The molecule has 6 nitrogen and oxygen atoms in total. The number of hydrogen-bond acceptors (Lipinski definition) is 5. The minimum Gasteiger partial charge on any atom is -0.482 e. The van der Waals surface area contributed by atoms with Crippen molar-refractivity contribution in [1.82, 2.24) is 10.4 Å². The number of benzene rings is 1. The Kier molecular flexibility index (Phi) is 6.32. The smallest absolute Gasteiger partial charge is 0.310 e. The van der Waals surface area contributed by atoms with E-state index in [0.717, 1.165) is 0 Å². The van der Waals surface area contributed by atoms with E-state index in [9.17, 15) is 9.59 Å². The molecule has 1 N–H and O–H groups in total. The van der Waals surface area contributed by atoms with Crippen molar-refractivity contribution in [3.63, 3.8) is 0 Å². The van der Waals surface area contributed by atoms with Crippen LogP contribution >= 0.6 is 23.2 Å². The monoisotopic (exact) mass is 374 g/mol. The predicted molar refractivity (Wildman–Crippen MR) is 90.9 cm³/mol. The molecule has 3 unspecified atom stereocenters. The lowest BCUT2D eigenvalue weighted by molar-refractivity contribution is -0.145. The molecule has 3 atom stereocenters. The van der Waals surface area contributed by atoms with Crippen LogP contribution in [0.2, 0.25) is 10.0 Å². The minimum absolute atomic E-state index is 0.114. The molecular weight excluding hydrogens is 355 g/mol. The van der Waals surface area contributed by atoms with Crippen molar-refractivity contribution in [3.05, 3.63) is 28.2 Å². The number of hydrazine groups is 1. The molecule has 1 amide bonds. The van der Waals surface area contributed by atoms with Crippen molar-refractivity contribution in [2.24, 2.45) is 11.8 Å². The van der Waals surface area contributed by atoms with Gasteiger partial charge in [-0.25, -0.2) is 5.43 Å². The van der Waals surface area contributed by atoms with Crippen molar-refractivity contribution in [2.75, 3.05) is 20.3 Å². The molecule has 132 valence electrons. The Morgan fingerprint density at radius 3 is 2.67 bits per heavy atom. The second-order valence-electron chi connectivity index (χ2n) is 5.61. The Morgan fingerprint density at radius 2 is 2.04 bits per heavy atom. The number of nitrogens with one attached hydrogen (secondary N) is 1. The molecule has 24 heavy (non-hydrogen) atoms. The van der Waals surface area contributed by atoms with Gasteiger partial charge >= 0.3 is 5.97 Å². The summed E-state index contributed by atoms with van der Waals surface area (Å²) in [5.41, 5.74) is 3.00. The van der Waals surface area contributed by atoms with Crippen LogP contribution in [-0.2, 0) is 14.3 Å². The Labute approximate surface area is 151 Å². The largest absolute Gasteiger partial charge is 0.482 e. The van der Waals surface area contributed by atoms with Crippen LogP contribution in [0.5, 0.6) is 5.75 Å². The van der Waals surface area contributed by atoms with Crippen LogP contribution in [0.25, 0.3) is 0 Å². The number of esters is 1. The van der Waals surface area contributed by atoms with Crippen molar-refractivity contribution in [2.45, 2.75) is 19.9 Å². The first-order valence-electron chi connectivity index (χ1n) is 7.62. The van der Waals surface area contributed by atoms with E-state index in [2.05, 4.69) is 5.43 Å². The first kappa shape index (κ1) is 18.8. The number of halogens is 2. The first-order chi connectivity index (χ1) is 11.3. The maximum atomic E-state index is 12.1. The van der Waals surface area contributed by atoms with Crippen LogP contribution in [0.1, 0.15) is 13.8 Å². The van der Waals surface area contributed by atoms with Crippen LogP contribution in [0.4, 0.5) is 0 Å². The van der Waals surface area contributed by atoms with Crippen molar-refractivity contribution >= 4 is 35.1 Å². The third kappa shape index (κ3) is 4.53. The third-order valence-electron chi connectivity index (χ3n) is 3.90. The molecule has 1 aliphatic rings. The highest BCUT2D eigenvalue weighted by Gasteiger charge is 2.53. The van der Waals surface area contributed by atoms with E-state index < -0.39 is 0 Å². The Balaban J connectivity index is 1.81. The summed E-state index contributed by atoms with van der Waals surface area (Å²) in [7, 11) is 1.59. The summed E-state index contributed by atoms with van der Waals surface area (Å²) in [4.78, 5) is 23.9. The number of ether oxygens (including phenoxy) is 2. The normalized spacial score (nSPS) is 22.0. The van der Waals surface area contributed by atoms with Gasteiger partial charge in [0.1, 0.15) is 5.75 Å². The van der Waals surface area contributed by atoms with E-state index in [1.54, 1.807) is 32.2 Å². The van der Waals surface area contributed by atoms with E-state index in [1.807, 2.05) is 6.92 Å². The minimum atomic E-state index is -0.289. The quantitative estimate of drug-likeness (QED) is 0.586. The van der Waals surface area contributed by atoms with Crippen LogP contribution in [0.15, 0.2) is 18.2 Å². The number of likely N-dealkylation sites (N-methyl/N-ethyl adjacent to an activating group) is 1. The summed E-state index contributed by atoms with van der Waals surface area (Å²) in [6.07, 6.45) is 0. The summed E-state index contributed by atoms with van der Waals surface area (Å²) >= 11 is 11.8. The lowest BCUT2D eigenvalue weighted by Gasteiger charge is -2.19. The highest BCUT2D eigenvalue weighted by molar-refractivity contribution is 6.35. The number of rotatable bonds is 7. The van der Waals surface area contributed by atoms with Gasteiger partial charge in [0.25, 0.3) is 5.91 Å². The highest BCUT2D eigenvalue weighted by Crippen LogP contribution is 2.39. The molecule has 0 aliphatic heterocycles. The van der Waals surface area contributed by atoms with Gasteiger partial charge in [-0.15, -0.1) is 0 Å². The lowest BCUT2D eigenvalue weighted by Crippen LogP contribution is -2.44. The summed E-state index contributed by atoms with van der Waals surface area (Å²) in [5, 5.41) is 2.15. The molecule has 1 aromatic rings. The maximum absolute atomic E-state index is 12.1. The molecule has 1 aromatic carbocycles. The first-order valence-corrected chi connectivity index (χ1v) is 8.38. The molecule has 0 saturated heterocycles. The van der Waals surface area contributed by atoms with Gasteiger partial charge in [0.15, 0.2) is 6.61 Å².